The average molecular weight is 289 g/mol. The summed E-state index contributed by atoms with van der Waals surface area (Å²) in [7, 11) is 0. The number of benzene rings is 1. The van der Waals surface area contributed by atoms with Crippen molar-refractivity contribution < 1.29 is 9.59 Å². The molecule has 0 aliphatic carbocycles. The normalized spacial score (nSPS) is 19.3. The second-order valence-corrected chi connectivity index (χ2v) is 5.96. The smallest absolute Gasteiger partial charge is 0.242 e. The van der Waals surface area contributed by atoms with Gasteiger partial charge in [0.2, 0.25) is 11.8 Å². The maximum Gasteiger partial charge on any atom is 0.242 e. The number of rotatable bonds is 3. The van der Waals surface area contributed by atoms with Gasteiger partial charge in [0, 0.05) is 18.8 Å². The van der Waals surface area contributed by atoms with Crippen molar-refractivity contribution in [2.75, 3.05) is 18.8 Å². The minimum absolute atomic E-state index is 0.0195. The van der Waals surface area contributed by atoms with Crippen LogP contribution in [0.2, 0.25) is 0 Å². The number of nitrogens with two attached hydrogens (primary N) is 1. The Labute approximate surface area is 125 Å². The predicted octanol–water partition coefficient (Wildman–Crippen LogP) is 1.28. The molecular weight excluding hydrogens is 266 g/mol. The SMILES string of the molecule is CCC1C(=O)NCCN1C(=O)C(C)(C)c1ccc(N)cc1. The molecule has 2 amide bonds. The summed E-state index contributed by atoms with van der Waals surface area (Å²) in [6.07, 6.45) is 0.620. The van der Waals surface area contributed by atoms with E-state index in [0.717, 1.165) is 5.56 Å². The van der Waals surface area contributed by atoms with Crippen LogP contribution in [0.25, 0.3) is 0 Å². The number of amides is 2. The molecule has 1 saturated heterocycles. The number of nitrogen functional groups attached to an aromatic ring is 1. The molecule has 114 valence electrons. The van der Waals surface area contributed by atoms with E-state index in [1.54, 1.807) is 17.0 Å². The van der Waals surface area contributed by atoms with Gasteiger partial charge in [-0.2, -0.15) is 0 Å². The molecule has 1 atom stereocenters. The largest absolute Gasteiger partial charge is 0.399 e. The first-order chi connectivity index (χ1) is 9.87. The third kappa shape index (κ3) is 2.86. The summed E-state index contributed by atoms with van der Waals surface area (Å²) in [5.74, 6) is -0.0841. The van der Waals surface area contributed by atoms with E-state index in [1.165, 1.54) is 0 Å². The third-order valence-electron chi connectivity index (χ3n) is 4.15. The van der Waals surface area contributed by atoms with E-state index < -0.39 is 5.41 Å². The van der Waals surface area contributed by atoms with Crippen LogP contribution in [0.3, 0.4) is 0 Å². The lowest BCUT2D eigenvalue weighted by Crippen LogP contribution is -2.60. The van der Waals surface area contributed by atoms with E-state index in [2.05, 4.69) is 5.32 Å². The van der Waals surface area contributed by atoms with Gasteiger partial charge in [-0.05, 0) is 38.0 Å². The standard InChI is InChI=1S/C16H23N3O2/c1-4-13-14(20)18-9-10-19(13)15(21)16(2,3)11-5-7-12(17)8-6-11/h5-8,13H,4,9-10,17H2,1-3H3,(H,18,20). The van der Waals surface area contributed by atoms with Gasteiger partial charge in [0.15, 0.2) is 0 Å². The molecule has 1 unspecified atom stereocenters. The molecule has 0 bridgehead atoms. The first-order valence-electron chi connectivity index (χ1n) is 7.32. The van der Waals surface area contributed by atoms with Crippen molar-refractivity contribution in [1.82, 2.24) is 10.2 Å². The quantitative estimate of drug-likeness (QED) is 0.823. The Morgan fingerprint density at radius 3 is 2.57 bits per heavy atom. The van der Waals surface area contributed by atoms with Crippen molar-refractivity contribution in [3.05, 3.63) is 29.8 Å². The molecule has 1 aromatic carbocycles. The molecule has 2 rings (SSSR count). The Balaban J connectivity index is 2.28. The molecule has 1 heterocycles. The van der Waals surface area contributed by atoms with Crippen molar-refractivity contribution in [2.24, 2.45) is 0 Å². The molecule has 1 aliphatic heterocycles. The summed E-state index contributed by atoms with van der Waals surface area (Å²) < 4.78 is 0. The van der Waals surface area contributed by atoms with Crippen LogP contribution in [-0.2, 0) is 15.0 Å². The van der Waals surface area contributed by atoms with Crippen LogP contribution < -0.4 is 11.1 Å². The summed E-state index contributed by atoms with van der Waals surface area (Å²) >= 11 is 0. The fourth-order valence-electron chi connectivity index (χ4n) is 2.75. The molecule has 0 saturated carbocycles. The van der Waals surface area contributed by atoms with Crippen molar-refractivity contribution in [1.29, 1.82) is 0 Å². The van der Waals surface area contributed by atoms with Crippen LogP contribution in [-0.4, -0.2) is 35.8 Å². The van der Waals surface area contributed by atoms with Gasteiger partial charge in [-0.1, -0.05) is 19.1 Å². The maximum absolute atomic E-state index is 12.9. The van der Waals surface area contributed by atoms with Gasteiger partial charge in [-0.3, -0.25) is 9.59 Å². The number of nitrogens with one attached hydrogen (secondary N) is 1. The van der Waals surface area contributed by atoms with E-state index in [4.69, 9.17) is 5.73 Å². The molecule has 0 aromatic heterocycles. The van der Waals surface area contributed by atoms with E-state index >= 15 is 0 Å². The van der Waals surface area contributed by atoms with Crippen LogP contribution in [0, 0.1) is 0 Å². The zero-order valence-electron chi connectivity index (χ0n) is 12.8. The van der Waals surface area contributed by atoms with E-state index in [1.807, 2.05) is 32.9 Å². The van der Waals surface area contributed by atoms with Crippen molar-refractivity contribution in [3.63, 3.8) is 0 Å². The van der Waals surface area contributed by atoms with Gasteiger partial charge in [0.05, 0.1) is 5.41 Å². The van der Waals surface area contributed by atoms with Gasteiger partial charge in [0.25, 0.3) is 0 Å². The minimum Gasteiger partial charge on any atom is -0.399 e. The number of piperazine rings is 1. The van der Waals surface area contributed by atoms with Gasteiger partial charge < -0.3 is 16.0 Å². The molecular formula is C16H23N3O2. The summed E-state index contributed by atoms with van der Waals surface area (Å²) in [6.45, 7) is 6.77. The first-order valence-corrected chi connectivity index (χ1v) is 7.32. The van der Waals surface area contributed by atoms with Crippen molar-refractivity contribution in [2.45, 2.75) is 38.6 Å². The van der Waals surface area contributed by atoms with Gasteiger partial charge >= 0.3 is 0 Å². The van der Waals surface area contributed by atoms with Gasteiger partial charge in [-0.25, -0.2) is 0 Å². The highest BCUT2D eigenvalue weighted by molar-refractivity contribution is 5.93. The highest BCUT2D eigenvalue weighted by Crippen LogP contribution is 2.28. The molecule has 5 nitrogen and oxygen atoms in total. The average Bonchev–Trinajstić information content (AvgIpc) is 2.46. The summed E-state index contributed by atoms with van der Waals surface area (Å²) in [6, 6.07) is 6.96. The second kappa shape index (κ2) is 5.76. The molecule has 0 radical (unpaired) electrons. The highest BCUT2D eigenvalue weighted by atomic mass is 16.2. The van der Waals surface area contributed by atoms with Gasteiger partial charge in [-0.15, -0.1) is 0 Å². The monoisotopic (exact) mass is 289 g/mol. The summed E-state index contributed by atoms with van der Waals surface area (Å²) in [5.41, 5.74) is 6.60. The first kappa shape index (κ1) is 15.4. The highest BCUT2D eigenvalue weighted by Gasteiger charge is 2.39. The molecule has 1 aliphatic rings. The molecule has 1 aromatic rings. The lowest BCUT2D eigenvalue weighted by Gasteiger charge is -2.39. The van der Waals surface area contributed by atoms with Crippen LogP contribution in [0.5, 0.6) is 0 Å². The number of anilines is 1. The van der Waals surface area contributed by atoms with Crippen molar-refractivity contribution >= 4 is 17.5 Å². The van der Waals surface area contributed by atoms with E-state index in [9.17, 15) is 9.59 Å². The Bertz CT molecular complexity index is 537. The van der Waals surface area contributed by atoms with Gasteiger partial charge in [0.1, 0.15) is 6.04 Å². The lowest BCUT2D eigenvalue weighted by molar-refractivity contribution is -0.146. The predicted molar refractivity (Wildman–Crippen MR) is 82.7 cm³/mol. The topological polar surface area (TPSA) is 75.4 Å². The number of carbonyl (C=O) groups is 2. The van der Waals surface area contributed by atoms with E-state index in [0.29, 0.717) is 25.2 Å². The Kier molecular flexibility index (Phi) is 4.21. The van der Waals surface area contributed by atoms with E-state index in [-0.39, 0.29) is 17.9 Å². The fraction of sp³-hybridized carbons (Fsp3) is 0.500. The third-order valence-corrected chi connectivity index (χ3v) is 4.15. The van der Waals surface area contributed by atoms with Crippen LogP contribution >= 0.6 is 0 Å². The number of nitrogens with zero attached hydrogens (tertiary/aromatic N) is 1. The number of hydrogen-bond donors (Lipinski definition) is 2. The second-order valence-electron chi connectivity index (χ2n) is 5.96. The maximum atomic E-state index is 12.9. The van der Waals surface area contributed by atoms with Crippen molar-refractivity contribution in [3.8, 4) is 0 Å². The molecule has 5 heteroatoms. The summed E-state index contributed by atoms with van der Waals surface area (Å²) in [5, 5.41) is 2.82. The molecule has 3 N–H and O–H groups in total. The van der Waals surface area contributed by atoms with Crippen LogP contribution in [0.15, 0.2) is 24.3 Å². The molecule has 1 fully saturated rings. The Morgan fingerprint density at radius 1 is 1.38 bits per heavy atom. The lowest BCUT2D eigenvalue weighted by atomic mass is 9.82. The Morgan fingerprint density at radius 2 is 2.00 bits per heavy atom. The minimum atomic E-state index is -0.682. The Hall–Kier alpha value is -2.04. The number of hydrogen-bond acceptors (Lipinski definition) is 3. The zero-order chi connectivity index (χ0) is 15.6. The fourth-order valence-corrected chi connectivity index (χ4v) is 2.75. The molecule has 21 heavy (non-hydrogen) atoms. The summed E-state index contributed by atoms with van der Waals surface area (Å²) in [4.78, 5) is 26.6. The number of carbonyl (C=O) groups excluding carboxylic acids is 2. The van der Waals surface area contributed by atoms with Crippen LogP contribution in [0.4, 0.5) is 5.69 Å². The molecule has 0 spiro atoms. The zero-order valence-corrected chi connectivity index (χ0v) is 12.8. The van der Waals surface area contributed by atoms with Crippen LogP contribution in [0.1, 0.15) is 32.8 Å².